The van der Waals surface area contributed by atoms with Gasteiger partial charge in [-0.2, -0.15) is 0 Å². The van der Waals surface area contributed by atoms with Crippen molar-refractivity contribution in [2.24, 2.45) is 5.92 Å². The molecule has 134 valence electrons. The van der Waals surface area contributed by atoms with E-state index < -0.39 is 7.60 Å². The lowest BCUT2D eigenvalue weighted by atomic mass is 9.92. The minimum Gasteiger partial charge on any atom is -0.324 e. The second-order valence-corrected chi connectivity index (χ2v) is 8.64. The molecule has 0 aromatic carbocycles. The largest absolute Gasteiger partial charge is 0.328 e. The number of unbranched alkanes of at least 4 members (excludes halogenated alkanes) is 4. The van der Waals surface area contributed by atoms with E-state index in [1.807, 2.05) is 0 Å². The van der Waals surface area contributed by atoms with Crippen molar-refractivity contribution in [3.8, 4) is 0 Å². The highest BCUT2D eigenvalue weighted by molar-refractivity contribution is 7.52. The Balaban J connectivity index is 4.33. The average Bonchev–Trinajstić information content (AvgIpc) is 2.51. The first-order chi connectivity index (χ1) is 10.5. The Hall–Kier alpha value is 0.150. The van der Waals surface area contributed by atoms with Crippen molar-refractivity contribution in [2.75, 3.05) is 6.16 Å². The molecular weight excluding hydrogens is 295 g/mol. The summed E-state index contributed by atoms with van der Waals surface area (Å²) in [6, 6.07) is 0. The van der Waals surface area contributed by atoms with Crippen LogP contribution in [0.3, 0.4) is 0 Å². The molecular formula is C18H39O3P. The van der Waals surface area contributed by atoms with Crippen LogP contribution in [0.25, 0.3) is 0 Å². The van der Waals surface area contributed by atoms with Crippen molar-refractivity contribution in [1.29, 1.82) is 0 Å². The van der Waals surface area contributed by atoms with Crippen molar-refractivity contribution in [1.82, 2.24) is 0 Å². The maximum Gasteiger partial charge on any atom is 0.328 e. The van der Waals surface area contributed by atoms with E-state index in [4.69, 9.17) is 4.52 Å². The lowest BCUT2D eigenvalue weighted by Crippen LogP contribution is -2.14. The first kappa shape index (κ1) is 22.1. The minimum atomic E-state index is -3.37. The fraction of sp³-hybridized carbons (Fsp3) is 1.00. The van der Waals surface area contributed by atoms with Gasteiger partial charge in [-0.05, 0) is 25.2 Å². The summed E-state index contributed by atoms with van der Waals surface area (Å²) in [5, 5.41) is 0. The summed E-state index contributed by atoms with van der Waals surface area (Å²) < 4.78 is 17.5. The van der Waals surface area contributed by atoms with E-state index in [0.717, 1.165) is 31.6 Å². The van der Waals surface area contributed by atoms with Crippen LogP contribution in [0, 0.1) is 5.92 Å². The Bertz CT molecular complexity index is 294. The zero-order valence-corrected chi connectivity index (χ0v) is 16.2. The molecule has 0 aliphatic carbocycles. The fourth-order valence-corrected chi connectivity index (χ4v) is 3.65. The highest BCUT2D eigenvalue weighted by Gasteiger charge is 2.23. The highest BCUT2D eigenvalue weighted by atomic mass is 31.2. The van der Waals surface area contributed by atoms with Gasteiger partial charge in [-0.15, -0.1) is 0 Å². The summed E-state index contributed by atoms with van der Waals surface area (Å²) in [5.41, 5.74) is 0. The van der Waals surface area contributed by atoms with Gasteiger partial charge in [-0.1, -0.05) is 79.1 Å². The van der Waals surface area contributed by atoms with E-state index in [1.165, 1.54) is 44.9 Å². The fourth-order valence-electron chi connectivity index (χ4n) is 2.82. The van der Waals surface area contributed by atoms with Crippen molar-refractivity contribution < 1.29 is 14.0 Å². The standard InChI is InChI=1S/C18H39O3P/c1-5-9-11-12-14-18(21-22(19,20)8-4)16-15-17(7-3)13-10-6-2/h17-18H,5-16H2,1-4H3,(H,19,20). The van der Waals surface area contributed by atoms with Gasteiger partial charge in [0.25, 0.3) is 0 Å². The SMILES string of the molecule is CCCCCCC(CCC(CC)CCCC)OP(=O)(O)CC. The van der Waals surface area contributed by atoms with Crippen LogP contribution in [0.2, 0.25) is 0 Å². The monoisotopic (exact) mass is 334 g/mol. The molecule has 0 aliphatic heterocycles. The predicted octanol–water partition coefficient (Wildman–Crippen LogP) is 6.54. The molecule has 0 heterocycles. The maximum absolute atomic E-state index is 11.9. The molecule has 0 fully saturated rings. The predicted molar refractivity (Wildman–Crippen MR) is 96.5 cm³/mol. The minimum absolute atomic E-state index is 0.0386. The Morgan fingerprint density at radius 3 is 2.09 bits per heavy atom. The molecule has 1 N–H and O–H groups in total. The third-order valence-corrected chi connectivity index (χ3v) is 5.96. The summed E-state index contributed by atoms with van der Waals surface area (Å²) in [4.78, 5) is 9.79. The molecule has 3 unspecified atom stereocenters. The summed E-state index contributed by atoms with van der Waals surface area (Å²) in [6.45, 7) is 8.41. The lowest BCUT2D eigenvalue weighted by molar-refractivity contribution is 0.144. The normalized spacial score (nSPS) is 17.1. The molecule has 0 amide bonds. The van der Waals surface area contributed by atoms with Gasteiger partial charge in [-0.25, -0.2) is 0 Å². The first-order valence-electron chi connectivity index (χ1n) is 9.49. The molecule has 22 heavy (non-hydrogen) atoms. The van der Waals surface area contributed by atoms with Crippen LogP contribution in [0.5, 0.6) is 0 Å². The Kier molecular flexibility index (Phi) is 13.7. The van der Waals surface area contributed by atoms with Crippen LogP contribution in [-0.4, -0.2) is 17.2 Å². The van der Waals surface area contributed by atoms with Gasteiger partial charge < -0.3 is 9.42 Å². The second-order valence-electron chi connectivity index (χ2n) is 6.52. The zero-order chi connectivity index (χ0) is 16.8. The van der Waals surface area contributed by atoms with E-state index in [1.54, 1.807) is 6.92 Å². The molecule has 0 radical (unpaired) electrons. The van der Waals surface area contributed by atoms with Gasteiger partial charge >= 0.3 is 7.60 Å². The van der Waals surface area contributed by atoms with Gasteiger partial charge in [0.2, 0.25) is 0 Å². The maximum atomic E-state index is 11.9. The topological polar surface area (TPSA) is 46.5 Å². The lowest BCUT2D eigenvalue weighted by Gasteiger charge is -2.23. The summed E-state index contributed by atoms with van der Waals surface area (Å²) >= 11 is 0. The van der Waals surface area contributed by atoms with Gasteiger partial charge in [0, 0.05) is 6.16 Å². The second kappa shape index (κ2) is 13.6. The van der Waals surface area contributed by atoms with Crippen LogP contribution in [-0.2, 0) is 9.09 Å². The van der Waals surface area contributed by atoms with Crippen LogP contribution in [0.15, 0.2) is 0 Å². The quantitative estimate of drug-likeness (QED) is 0.273. The first-order valence-corrected chi connectivity index (χ1v) is 11.2. The summed E-state index contributed by atoms with van der Waals surface area (Å²) in [6.07, 6.45) is 12.9. The molecule has 0 saturated heterocycles. The third-order valence-electron chi connectivity index (χ3n) is 4.53. The number of hydrogen-bond donors (Lipinski definition) is 1. The van der Waals surface area contributed by atoms with E-state index in [0.29, 0.717) is 0 Å². The van der Waals surface area contributed by atoms with Crippen molar-refractivity contribution in [3.63, 3.8) is 0 Å². The van der Waals surface area contributed by atoms with Gasteiger partial charge in [0.1, 0.15) is 0 Å². The smallest absolute Gasteiger partial charge is 0.324 e. The van der Waals surface area contributed by atoms with Gasteiger partial charge in [0.05, 0.1) is 6.10 Å². The Labute approximate surface area is 138 Å². The number of rotatable bonds is 15. The molecule has 3 nitrogen and oxygen atoms in total. The van der Waals surface area contributed by atoms with Crippen molar-refractivity contribution >= 4 is 7.60 Å². The zero-order valence-electron chi connectivity index (χ0n) is 15.4. The third kappa shape index (κ3) is 11.7. The summed E-state index contributed by atoms with van der Waals surface area (Å²) in [5.74, 6) is 0.737. The average molecular weight is 334 g/mol. The van der Waals surface area contributed by atoms with E-state index in [-0.39, 0.29) is 12.3 Å². The van der Waals surface area contributed by atoms with Crippen LogP contribution in [0.1, 0.15) is 98.3 Å². The highest BCUT2D eigenvalue weighted by Crippen LogP contribution is 2.44. The van der Waals surface area contributed by atoms with Crippen LogP contribution < -0.4 is 0 Å². The van der Waals surface area contributed by atoms with E-state index in [9.17, 15) is 9.46 Å². The van der Waals surface area contributed by atoms with Gasteiger partial charge in [0.15, 0.2) is 0 Å². The van der Waals surface area contributed by atoms with Crippen molar-refractivity contribution in [2.45, 2.75) is 104 Å². The number of hydrogen-bond acceptors (Lipinski definition) is 2. The summed E-state index contributed by atoms with van der Waals surface area (Å²) in [7, 11) is -3.37. The molecule has 0 aromatic rings. The molecule has 0 spiro atoms. The molecule has 0 bridgehead atoms. The van der Waals surface area contributed by atoms with Gasteiger partial charge in [-0.3, -0.25) is 4.57 Å². The molecule has 0 rings (SSSR count). The van der Waals surface area contributed by atoms with E-state index >= 15 is 0 Å². The Morgan fingerprint density at radius 2 is 1.55 bits per heavy atom. The molecule has 0 aromatic heterocycles. The Morgan fingerprint density at radius 1 is 0.864 bits per heavy atom. The van der Waals surface area contributed by atoms with Crippen LogP contribution >= 0.6 is 7.60 Å². The molecule has 4 heteroatoms. The van der Waals surface area contributed by atoms with Crippen molar-refractivity contribution in [3.05, 3.63) is 0 Å². The van der Waals surface area contributed by atoms with Crippen LogP contribution in [0.4, 0.5) is 0 Å². The molecule has 3 atom stereocenters. The molecule has 0 saturated carbocycles. The van der Waals surface area contributed by atoms with E-state index in [2.05, 4.69) is 20.8 Å². The molecule has 0 aliphatic rings.